The van der Waals surface area contributed by atoms with Crippen LogP contribution in [0.2, 0.25) is 0 Å². The van der Waals surface area contributed by atoms with E-state index in [0.717, 1.165) is 66.5 Å². The van der Waals surface area contributed by atoms with Gasteiger partial charge in [0.05, 0.1) is 28.1 Å². The summed E-state index contributed by atoms with van der Waals surface area (Å²) in [7, 11) is 0. The molecule has 0 aliphatic rings. The molecule has 4 nitrogen and oxygen atoms in total. The Kier molecular flexibility index (Phi) is 6.60. The molecule has 0 atom stereocenters. The Morgan fingerprint density at radius 3 is 1.62 bits per heavy atom. The van der Waals surface area contributed by atoms with E-state index in [-0.39, 0.29) is 0 Å². The van der Waals surface area contributed by atoms with E-state index in [0.29, 0.717) is 5.82 Å². The van der Waals surface area contributed by atoms with Crippen LogP contribution < -0.4 is 0 Å². The summed E-state index contributed by atoms with van der Waals surface area (Å²) in [6.07, 6.45) is 0. The van der Waals surface area contributed by atoms with Crippen LogP contribution in [0.1, 0.15) is 0 Å². The average Bonchev–Trinajstić information content (AvgIpc) is 3.80. The van der Waals surface area contributed by atoms with Crippen LogP contribution in [0.5, 0.6) is 0 Å². The molecule has 0 amide bonds. The van der Waals surface area contributed by atoms with Gasteiger partial charge < -0.3 is 8.98 Å². The van der Waals surface area contributed by atoms with Crippen molar-refractivity contribution in [3.05, 3.63) is 188 Å². The van der Waals surface area contributed by atoms with E-state index < -0.39 is 0 Å². The minimum atomic E-state index is 0.685. The lowest BCUT2D eigenvalue weighted by atomic mass is 9.97. The third-order valence-corrected chi connectivity index (χ3v) is 11.3. The molecule has 0 radical (unpaired) electrons. The molecule has 0 fully saturated rings. The summed E-state index contributed by atoms with van der Waals surface area (Å²) in [5, 5.41) is 11.8. The summed E-state index contributed by atoms with van der Waals surface area (Å²) >= 11 is 0. The van der Waals surface area contributed by atoms with Gasteiger partial charge in [-0.3, -0.25) is 0 Å². The molecule has 0 spiro atoms. The van der Waals surface area contributed by atoms with E-state index in [1.165, 1.54) is 43.4 Å². The Balaban J connectivity index is 1.16. The number of rotatable bonds is 4. The number of hydrogen-bond acceptors (Lipinski definition) is 3. The van der Waals surface area contributed by atoms with Crippen molar-refractivity contribution in [1.29, 1.82) is 0 Å². The molecule has 0 unspecified atom stereocenters. The van der Waals surface area contributed by atoms with Crippen molar-refractivity contribution in [2.24, 2.45) is 0 Å². The Hall–Kier alpha value is -7.56. The number of nitrogens with zero attached hydrogens (tertiary/aromatic N) is 3. The second-order valence-corrected chi connectivity index (χ2v) is 14.6. The topological polar surface area (TPSA) is 43.9 Å². The highest BCUT2D eigenvalue weighted by Gasteiger charge is 2.21. The Morgan fingerprint density at radius 2 is 0.946 bits per heavy atom. The highest BCUT2D eigenvalue weighted by Crippen LogP contribution is 2.44. The van der Waals surface area contributed by atoms with Gasteiger partial charge in [0.1, 0.15) is 11.2 Å². The monoisotopic (exact) mass is 713 g/mol. The summed E-state index contributed by atoms with van der Waals surface area (Å²) in [4.78, 5) is 10.3. The number of aromatic nitrogens is 3. The molecule has 0 N–H and O–H groups in total. The van der Waals surface area contributed by atoms with E-state index in [4.69, 9.17) is 14.4 Å². The largest absolute Gasteiger partial charge is 0.456 e. The van der Waals surface area contributed by atoms with Gasteiger partial charge in [-0.05, 0) is 81.5 Å². The smallest absolute Gasteiger partial charge is 0.160 e. The molecular weight excluding hydrogens is 683 g/mol. The fraction of sp³-hybridized carbons (Fsp3) is 0. The SMILES string of the molecule is c1ccc(-c2cc(-c3cccc4oc5ccc6c(-n7c8cc9ccccc9cc8c8cc9ccccc9cc87)cccc6c5c34)nc(-c3ccccc3)n2)cc1. The lowest BCUT2D eigenvalue weighted by molar-refractivity contribution is 0.669. The van der Waals surface area contributed by atoms with Crippen molar-refractivity contribution < 1.29 is 4.42 Å². The maximum Gasteiger partial charge on any atom is 0.160 e. The first-order chi connectivity index (χ1) is 27.7. The summed E-state index contributed by atoms with van der Waals surface area (Å²) in [5.41, 5.74) is 9.90. The fourth-order valence-corrected chi connectivity index (χ4v) is 8.77. The van der Waals surface area contributed by atoms with Crippen LogP contribution in [0, 0.1) is 0 Å². The van der Waals surface area contributed by atoms with Gasteiger partial charge in [-0.1, -0.05) is 133 Å². The lowest BCUT2D eigenvalue weighted by Gasteiger charge is -2.13. The van der Waals surface area contributed by atoms with Crippen LogP contribution in [0.4, 0.5) is 0 Å². The molecule has 56 heavy (non-hydrogen) atoms. The molecule has 3 aromatic heterocycles. The summed E-state index contributed by atoms with van der Waals surface area (Å²) in [6, 6.07) is 66.7. The fourth-order valence-electron chi connectivity index (χ4n) is 8.77. The molecule has 12 rings (SSSR count). The quantitative estimate of drug-likeness (QED) is 0.182. The predicted molar refractivity (Wildman–Crippen MR) is 232 cm³/mol. The lowest BCUT2D eigenvalue weighted by Crippen LogP contribution is -1.96. The van der Waals surface area contributed by atoms with Crippen LogP contribution in [-0.2, 0) is 0 Å². The molecule has 3 heterocycles. The zero-order valence-electron chi connectivity index (χ0n) is 30.1. The molecule has 0 aliphatic heterocycles. The van der Waals surface area contributed by atoms with Crippen molar-refractivity contribution in [2.45, 2.75) is 0 Å². The molecule has 260 valence electrons. The molecule has 0 bridgehead atoms. The first-order valence-electron chi connectivity index (χ1n) is 19.0. The molecule has 9 aromatic carbocycles. The van der Waals surface area contributed by atoms with Gasteiger partial charge in [-0.25, -0.2) is 9.97 Å². The van der Waals surface area contributed by atoms with Crippen molar-refractivity contribution in [2.75, 3.05) is 0 Å². The number of benzene rings is 9. The van der Waals surface area contributed by atoms with Gasteiger partial charge in [-0.15, -0.1) is 0 Å². The van der Waals surface area contributed by atoms with E-state index in [2.05, 4.69) is 168 Å². The van der Waals surface area contributed by atoms with Gasteiger partial charge >= 0.3 is 0 Å². The van der Waals surface area contributed by atoms with Gasteiger partial charge in [0.2, 0.25) is 0 Å². The van der Waals surface area contributed by atoms with E-state index >= 15 is 0 Å². The van der Waals surface area contributed by atoms with Crippen LogP contribution in [0.3, 0.4) is 0 Å². The van der Waals surface area contributed by atoms with Crippen molar-refractivity contribution in [3.63, 3.8) is 0 Å². The molecule has 0 aliphatic carbocycles. The zero-order valence-corrected chi connectivity index (χ0v) is 30.1. The van der Waals surface area contributed by atoms with Gasteiger partial charge in [0.25, 0.3) is 0 Å². The number of hydrogen-bond donors (Lipinski definition) is 0. The van der Waals surface area contributed by atoms with E-state index in [1.54, 1.807) is 0 Å². The summed E-state index contributed by atoms with van der Waals surface area (Å²) in [5.74, 6) is 0.685. The molecular formula is C52H31N3O. The Morgan fingerprint density at radius 1 is 0.375 bits per heavy atom. The second-order valence-electron chi connectivity index (χ2n) is 14.6. The summed E-state index contributed by atoms with van der Waals surface area (Å²) in [6.45, 7) is 0. The summed E-state index contributed by atoms with van der Waals surface area (Å²) < 4.78 is 9.13. The van der Waals surface area contributed by atoms with Crippen molar-refractivity contribution in [1.82, 2.24) is 14.5 Å². The zero-order chi connectivity index (χ0) is 36.7. The number of fused-ring (bicyclic) bond motifs is 10. The maximum atomic E-state index is 6.67. The Bertz CT molecular complexity index is 3380. The van der Waals surface area contributed by atoms with Gasteiger partial charge in [0, 0.05) is 43.6 Å². The van der Waals surface area contributed by atoms with Crippen LogP contribution >= 0.6 is 0 Å². The number of furan rings is 1. The maximum absolute atomic E-state index is 6.67. The first kappa shape index (κ1) is 30.9. The third kappa shape index (κ3) is 4.66. The van der Waals surface area contributed by atoms with Crippen LogP contribution in [0.25, 0.3) is 116 Å². The van der Waals surface area contributed by atoms with E-state index in [9.17, 15) is 0 Å². The third-order valence-electron chi connectivity index (χ3n) is 11.3. The molecule has 4 heteroatoms. The highest BCUT2D eigenvalue weighted by molar-refractivity contribution is 6.24. The Labute approximate surface area is 321 Å². The van der Waals surface area contributed by atoms with Gasteiger partial charge in [-0.2, -0.15) is 0 Å². The van der Waals surface area contributed by atoms with Crippen LogP contribution in [0.15, 0.2) is 192 Å². The van der Waals surface area contributed by atoms with Crippen LogP contribution in [-0.4, -0.2) is 14.5 Å². The van der Waals surface area contributed by atoms with E-state index in [1.807, 2.05) is 24.3 Å². The van der Waals surface area contributed by atoms with Gasteiger partial charge in [0.15, 0.2) is 5.82 Å². The van der Waals surface area contributed by atoms with Crippen molar-refractivity contribution in [3.8, 4) is 39.6 Å². The normalized spacial score (nSPS) is 11.9. The minimum absolute atomic E-state index is 0.685. The predicted octanol–water partition coefficient (Wildman–Crippen LogP) is 13.9. The molecule has 12 aromatic rings. The standard InChI is InChI=1S/C52H31N3O/c1-3-13-32(14-4-1)43-31-44(54-52(53-43)33-15-5-2-6-16-33)40-22-12-24-48-51(40)50-39-21-11-23-45(38(39)25-26-49(50)56-48)55-46-29-36-19-9-7-17-34(36)27-41(46)42-28-35-18-8-10-20-37(35)30-47(42)55/h1-31H. The minimum Gasteiger partial charge on any atom is -0.456 e. The first-order valence-corrected chi connectivity index (χ1v) is 19.0. The highest BCUT2D eigenvalue weighted by atomic mass is 16.3. The molecule has 0 saturated heterocycles. The van der Waals surface area contributed by atoms with Crippen molar-refractivity contribution >= 4 is 76.1 Å². The molecule has 0 saturated carbocycles. The average molecular weight is 714 g/mol. The second kappa shape index (κ2) is 12.0.